The van der Waals surface area contributed by atoms with E-state index < -0.39 is 18.5 Å². The van der Waals surface area contributed by atoms with E-state index in [1.165, 1.54) is 12.3 Å². The van der Waals surface area contributed by atoms with Crippen molar-refractivity contribution in [2.24, 2.45) is 0 Å². The molecule has 7 nitrogen and oxygen atoms in total. The van der Waals surface area contributed by atoms with Crippen molar-refractivity contribution < 1.29 is 19.1 Å². The first-order chi connectivity index (χ1) is 12.3. The molecule has 2 amide bonds. The molecular formula is C18H21N3O4S. The number of aromatic nitrogens is 1. The Morgan fingerprint density at radius 3 is 2.62 bits per heavy atom. The Bertz CT molecular complexity index is 830. The van der Waals surface area contributed by atoms with Crippen LogP contribution in [0.3, 0.4) is 0 Å². The molecular weight excluding hydrogens is 354 g/mol. The van der Waals surface area contributed by atoms with E-state index in [1.54, 1.807) is 0 Å². The number of hydrogen-bond donors (Lipinski definition) is 2. The summed E-state index contributed by atoms with van der Waals surface area (Å²) in [5.41, 5.74) is 2.75. The largest absolute Gasteiger partial charge is 0.451 e. The summed E-state index contributed by atoms with van der Waals surface area (Å²) < 4.78 is 5.00. The van der Waals surface area contributed by atoms with Gasteiger partial charge in [0.25, 0.3) is 5.91 Å². The number of amides is 2. The molecule has 1 aromatic heterocycles. The number of carbonyl (C=O) groups excluding carboxylic acids is 3. The number of hydrogen-bond acceptors (Lipinski definition) is 6. The number of ether oxygens (including phenoxy) is 1. The number of anilines is 2. The molecule has 0 saturated heterocycles. The number of rotatable bonds is 6. The molecule has 2 N–H and O–H groups in total. The lowest BCUT2D eigenvalue weighted by atomic mass is 9.98. The second-order valence-electron chi connectivity index (χ2n) is 6.04. The molecule has 2 rings (SSSR count). The Hall–Kier alpha value is -2.74. The summed E-state index contributed by atoms with van der Waals surface area (Å²) in [6.07, 6.45) is 0. The predicted molar refractivity (Wildman–Crippen MR) is 101 cm³/mol. The van der Waals surface area contributed by atoms with Gasteiger partial charge in [0.1, 0.15) is 0 Å². The first-order valence-electron chi connectivity index (χ1n) is 8.07. The highest BCUT2D eigenvalue weighted by Gasteiger charge is 2.16. The van der Waals surface area contributed by atoms with E-state index in [4.69, 9.17) is 4.74 Å². The van der Waals surface area contributed by atoms with Crippen molar-refractivity contribution >= 4 is 39.9 Å². The fraction of sp³-hybridized carbons (Fsp3) is 0.333. The van der Waals surface area contributed by atoms with Crippen LogP contribution < -0.4 is 10.6 Å². The quantitative estimate of drug-likeness (QED) is 0.755. The average molecular weight is 375 g/mol. The van der Waals surface area contributed by atoms with Crippen LogP contribution >= 0.6 is 11.3 Å². The number of esters is 1. The molecule has 26 heavy (non-hydrogen) atoms. The minimum atomic E-state index is -0.720. The minimum absolute atomic E-state index is 0.0466. The molecule has 138 valence electrons. The smallest absolute Gasteiger partial charge is 0.358 e. The van der Waals surface area contributed by atoms with E-state index in [1.807, 2.05) is 39.0 Å². The molecule has 0 bridgehead atoms. The summed E-state index contributed by atoms with van der Waals surface area (Å²) in [6.45, 7) is 6.92. The van der Waals surface area contributed by atoms with Crippen molar-refractivity contribution in [3.05, 3.63) is 40.4 Å². The van der Waals surface area contributed by atoms with Crippen LogP contribution in [0.2, 0.25) is 0 Å². The monoisotopic (exact) mass is 375 g/mol. The zero-order valence-corrected chi connectivity index (χ0v) is 15.9. The highest BCUT2D eigenvalue weighted by Crippen LogP contribution is 2.27. The number of thiazole rings is 1. The van der Waals surface area contributed by atoms with E-state index in [0.29, 0.717) is 5.13 Å². The van der Waals surface area contributed by atoms with E-state index in [9.17, 15) is 14.4 Å². The van der Waals surface area contributed by atoms with Crippen LogP contribution in [0.5, 0.6) is 0 Å². The van der Waals surface area contributed by atoms with Crippen molar-refractivity contribution in [1.82, 2.24) is 4.98 Å². The van der Waals surface area contributed by atoms with Gasteiger partial charge >= 0.3 is 5.97 Å². The van der Waals surface area contributed by atoms with Crippen molar-refractivity contribution in [3.8, 4) is 0 Å². The number of carbonyl (C=O) groups is 3. The molecule has 0 fully saturated rings. The Morgan fingerprint density at radius 1 is 1.23 bits per heavy atom. The summed E-state index contributed by atoms with van der Waals surface area (Å²) >= 11 is 1.11. The van der Waals surface area contributed by atoms with E-state index in [2.05, 4.69) is 15.6 Å². The molecule has 0 saturated carbocycles. The third-order valence-corrected chi connectivity index (χ3v) is 4.28. The van der Waals surface area contributed by atoms with Gasteiger partial charge < -0.3 is 15.4 Å². The number of nitrogens with one attached hydrogen (secondary N) is 2. The SMILES string of the molecule is CC(=O)Nc1nc(C(=O)OCC(=O)Nc2c(C)cccc2C(C)C)cs1. The van der Waals surface area contributed by atoms with Crippen LogP contribution in [0.1, 0.15) is 48.3 Å². The Kier molecular flexibility index (Phi) is 6.46. The molecule has 0 radical (unpaired) electrons. The van der Waals surface area contributed by atoms with E-state index >= 15 is 0 Å². The van der Waals surface area contributed by atoms with Crippen LogP contribution in [0.4, 0.5) is 10.8 Å². The van der Waals surface area contributed by atoms with Crippen LogP contribution in [0.25, 0.3) is 0 Å². The first kappa shape index (κ1) is 19.6. The van der Waals surface area contributed by atoms with Gasteiger partial charge in [-0.1, -0.05) is 32.0 Å². The predicted octanol–water partition coefficient (Wildman–Crippen LogP) is 3.33. The zero-order valence-electron chi connectivity index (χ0n) is 15.1. The van der Waals surface area contributed by atoms with E-state index in [-0.39, 0.29) is 17.5 Å². The van der Waals surface area contributed by atoms with Gasteiger partial charge in [-0.15, -0.1) is 11.3 Å². The molecule has 8 heteroatoms. The minimum Gasteiger partial charge on any atom is -0.451 e. The molecule has 2 aromatic rings. The maximum absolute atomic E-state index is 12.2. The summed E-state index contributed by atoms with van der Waals surface area (Å²) in [7, 11) is 0. The van der Waals surface area contributed by atoms with Crippen LogP contribution in [-0.2, 0) is 14.3 Å². The Morgan fingerprint density at radius 2 is 1.96 bits per heavy atom. The van der Waals surface area contributed by atoms with Crippen molar-refractivity contribution in [2.75, 3.05) is 17.2 Å². The van der Waals surface area contributed by atoms with Crippen molar-refractivity contribution in [3.63, 3.8) is 0 Å². The van der Waals surface area contributed by atoms with Gasteiger partial charge in [0, 0.05) is 18.0 Å². The van der Waals surface area contributed by atoms with Gasteiger partial charge in [-0.3, -0.25) is 9.59 Å². The highest BCUT2D eigenvalue weighted by atomic mass is 32.1. The van der Waals surface area contributed by atoms with E-state index in [0.717, 1.165) is 28.2 Å². The lowest BCUT2D eigenvalue weighted by molar-refractivity contribution is -0.119. The lowest BCUT2D eigenvalue weighted by Gasteiger charge is -2.16. The zero-order chi connectivity index (χ0) is 19.3. The van der Waals surface area contributed by atoms with Gasteiger partial charge in [0.2, 0.25) is 5.91 Å². The van der Waals surface area contributed by atoms with Gasteiger partial charge in [0.05, 0.1) is 0 Å². The molecule has 0 unspecified atom stereocenters. The summed E-state index contributed by atoms with van der Waals surface area (Å²) in [5, 5.41) is 7.05. The number of aryl methyl sites for hydroxylation is 1. The average Bonchev–Trinajstić information content (AvgIpc) is 3.02. The fourth-order valence-electron chi connectivity index (χ4n) is 2.30. The standard InChI is InChI=1S/C18H21N3O4S/c1-10(2)13-7-5-6-11(3)16(13)21-15(23)8-25-17(24)14-9-26-18(20-14)19-12(4)22/h5-7,9-10H,8H2,1-4H3,(H,21,23)(H,19,20,22). The second kappa shape index (κ2) is 8.57. The Labute approximate surface area is 155 Å². The molecule has 0 atom stereocenters. The molecule has 0 spiro atoms. The van der Waals surface area contributed by atoms with Crippen LogP contribution in [0, 0.1) is 6.92 Å². The molecule has 0 aliphatic heterocycles. The maximum Gasteiger partial charge on any atom is 0.358 e. The first-order valence-corrected chi connectivity index (χ1v) is 8.95. The van der Waals surface area contributed by atoms with Crippen LogP contribution in [0.15, 0.2) is 23.6 Å². The maximum atomic E-state index is 12.2. The van der Waals surface area contributed by atoms with Gasteiger partial charge in [-0.05, 0) is 24.0 Å². The highest BCUT2D eigenvalue weighted by molar-refractivity contribution is 7.14. The summed E-state index contributed by atoms with van der Waals surface area (Å²) in [6, 6.07) is 5.81. The third-order valence-electron chi connectivity index (χ3n) is 3.52. The van der Waals surface area contributed by atoms with Crippen molar-refractivity contribution in [2.45, 2.75) is 33.6 Å². The lowest BCUT2D eigenvalue weighted by Crippen LogP contribution is -2.22. The van der Waals surface area contributed by atoms with Gasteiger partial charge in [-0.2, -0.15) is 0 Å². The normalized spacial score (nSPS) is 10.5. The van der Waals surface area contributed by atoms with Gasteiger partial charge in [-0.25, -0.2) is 9.78 Å². The number of nitrogens with zero attached hydrogens (tertiary/aromatic N) is 1. The number of benzene rings is 1. The molecule has 1 aromatic carbocycles. The van der Waals surface area contributed by atoms with Crippen molar-refractivity contribution in [1.29, 1.82) is 0 Å². The topological polar surface area (TPSA) is 97.4 Å². The molecule has 0 aliphatic carbocycles. The molecule has 1 heterocycles. The summed E-state index contributed by atoms with van der Waals surface area (Å²) in [5.74, 6) is -1.18. The summed E-state index contributed by atoms with van der Waals surface area (Å²) in [4.78, 5) is 39.0. The second-order valence-corrected chi connectivity index (χ2v) is 6.90. The third kappa shape index (κ3) is 5.13. The van der Waals surface area contributed by atoms with Crippen LogP contribution in [-0.4, -0.2) is 29.4 Å². The number of para-hydroxylation sites is 1. The Balaban J connectivity index is 1.96. The molecule has 0 aliphatic rings. The van der Waals surface area contributed by atoms with Gasteiger partial charge in [0.15, 0.2) is 17.4 Å². The fourth-order valence-corrected chi connectivity index (χ4v) is 3.02.